The minimum atomic E-state index is -0.167. The lowest BCUT2D eigenvalue weighted by Crippen LogP contribution is -2.33. The summed E-state index contributed by atoms with van der Waals surface area (Å²) in [6, 6.07) is 9.52. The maximum absolute atomic E-state index is 14.1. The van der Waals surface area contributed by atoms with Crippen LogP contribution in [-0.2, 0) is 24.0 Å². The molecule has 0 radical (unpaired) electrons. The van der Waals surface area contributed by atoms with Gasteiger partial charge in [-0.1, -0.05) is 18.2 Å². The standard InChI is InChI=1S/C22H27FN2O/c1-26-13-12-25-11-3-5-18-14-16-7-9-24-10-8-20(16)21(22(18)25)17-4-2-6-19(23)15-17/h2,4,6,14-15,24H,3,5,7-13H2,1H3. The minimum absolute atomic E-state index is 0.167. The van der Waals surface area contributed by atoms with Crippen LogP contribution in [0, 0.1) is 5.82 Å². The van der Waals surface area contributed by atoms with Crippen LogP contribution in [0.4, 0.5) is 10.1 Å². The molecule has 2 aliphatic heterocycles. The van der Waals surface area contributed by atoms with Crippen molar-refractivity contribution in [3.05, 3.63) is 52.8 Å². The summed E-state index contributed by atoms with van der Waals surface area (Å²) < 4.78 is 19.4. The van der Waals surface area contributed by atoms with Crippen molar-refractivity contribution in [1.82, 2.24) is 5.32 Å². The Balaban J connectivity index is 1.93. The first-order valence-electron chi connectivity index (χ1n) is 9.66. The van der Waals surface area contributed by atoms with Gasteiger partial charge in [0, 0.05) is 31.5 Å². The SMILES string of the molecule is COCCN1CCCc2cc3c(c(-c4cccc(F)c4)c21)CCNCC3. The molecule has 2 aromatic rings. The molecule has 4 rings (SSSR count). The van der Waals surface area contributed by atoms with Crippen LogP contribution in [0.25, 0.3) is 11.1 Å². The summed E-state index contributed by atoms with van der Waals surface area (Å²) in [7, 11) is 1.75. The zero-order chi connectivity index (χ0) is 17.9. The van der Waals surface area contributed by atoms with Crippen molar-refractivity contribution >= 4 is 5.69 Å². The summed E-state index contributed by atoms with van der Waals surface area (Å²) in [5.74, 6) is -0.167. The molecule has 0 aromatic heterocycles. The normalized spacial score (nSPS) is 16.8. The van der Waals surface area contributed by atoms with Crippen LogP contribution in [-0.4, -0.2) is 39.9 Å². The van der Waals surface area contributed by atoms with E-state index in [1.54, 1.807) is 13.2 Å². The zero-order valence-electron chi connectivity index (χ0n) is 15.5. The van der Waals surface area contributed by atoms with Gasteiger partial charge in [-0.3, -0.25) is 0 Å². The quantitative estimate of drug-likeness (QED) is 0.908. The zero-order valence-corrected chi connectivity index (χ0v) is 15.5. The van der Waals surface area contributed by atoms with Gasteiger partial charge in [-0.05, 0) is 73.2 Å². The van der Waals surface area contributed by atoms with E-state index < -0.39 is 0 Å². The first-order valence-corrected chi connectivity index (χ1v) is 9.66. The third kappa shape index (κ3) is 3.36. The Morgan fingerprint density at radius 1 is 1.12 bits per heavy atom. The smallest absolute Gasteiger partial charge is 0.123 e. The van der Waals surface area contributed by atoms with E-state index in [4.69, 9.17) is 4.74 Å². The highest BCUT2D eigenvalue weighted by atomic mass is 19.1. The van der Waals surface area contributed by atoms with Crippen LogP contribution in [0.5, 0.6) is 0 Å². The molecule has 0 bridgehead atoms. The second kappa shape index (κ2) is 7.77. The molecule has 0 fully saturated rings. The molecule has 2 heterocycles. The lowest BCUT2D eigenvalue weighted by molar-refractivity contribution is 0.205. The van der Waals surface area contributed by atoms with Gasteiger partial charge in [0.05, 0.1) is 6.61 Å². The van der Waals surface area contributed by atoms with Crippen LogP contribution in [0.3, 0.4) is 0 Å². The predicted octanol–water partition coefficient (Wildman–Crippen LogP) is 3.58. The van der Waals surface area contributed by atoms with Gasteiger partial charge in [-0.25, -0.2) is 4.39 Å². The summed E-state index contributed by atoms with van der Waals surface area (Å²) in [5, 5.41) is 3.51. The molecule has 0 unspecified atom stereocenters. The molecule has 0 aliphatic carbocycles. The Kier molecular flexibility index (Phi) is 5.23. The number of rotatable bonds is 4. The van der Waals surface area contributed by atoms with E-state index in [0.29, 0.717) is 6.61 Å². The first kappa shape index (κ1) is 17.5. The predicted molar refractivity (Wildman–Crippen MR) is 105 cm³/mol. The number of halogens is 1. The Labute approximate surface area is 155 Å². The van der Waals surface area contributed by atoms with E-state index in [9.17, 15) is 4.39 Å². The number of nitrogens with one attached hydrogen (secondary N) is 1. The molecule has 3 nitrogen and oxygen atoms in total. The molecule has 0 atom stereocenters. The van der Waals surface area contributed by atoms with E-state index in [0.717, 1.165) is 57.4 Å². The van der Waals surface area contributed by atoms with Crippen LogP contribution < -0.4 is 10.2 Å². The molecule has 26 heavy (non-hydrogen) atoms. The highest BCUT2D eigenvalue weighted by molar-refractivity contribution is 5.86. The van der Waals surface area contributed by atoms with Gasteiger partial charge in [0.25, 0.3) is 0 Å². The molecule has 4 heteroatoms. The van der Waals surface area contributed by atoms with Gasteiger partial charge >= 0.3 is 0 Å². The maximum Gasteiger partial charge on any atom is 0.123 e. The molecule has 0 amide bonds. The maximum atomic E-state index is 14.1. The average Bonchev–Trinajstić information content (AvgIpc) is 2.89. The van der Waals surface area contributed by atoms with Crippen LogP contribution >= 0.6 is 0 Å². The van der Waals surface area contributed by atoms with Gasteiger partial charge in [-0.2, -0.15) is 0 Å². The van der Waals surface area contributed by atoms with Crippen LogP contribution in [0.1, 0.15) is 23.1 Å². The second-order valence-electron chi connectivity index (χ2n) is 7.24. The van der Waals surface area contributed by atoms with Gasteiger partial charge in [0.1, 0.15) is 5.82 Å². The Bertz CT molecular complexity index is 790. The van der Waals surface area contributed by atoms with E-state index in [1.807, 2.05) is 6.07 Å². The number of hydrogen-bond acceptors (Lipinski definition) is 3. The third-order valence-corrected chi connectivity index (χ3v) is 5.57. The molecule has 2 aromatic carbocycles. The fourth-order valence-electron chi connectivity index (χ4n) is 4.40. The topological polar surface area (TPSA) is 24.5 Å². The van der Waals surface area contributed by atoms with Gasteiger partial charge in [0.2, 0.25) is 0 Å². The average molecular weight is 354 g/mol. The summed E-state index contributed by atoms with van der Waals surface area (Å²) in [5.41, 5.74) is 7.79. The number of fused-ring (bicyclic) bond motifs is 2. The van der Waals surface area contributed by atoms with Crippen LogP contribution in [0.2, 0.25) is 0 Å². The fourth-order valence-corrected chi connectivity index (χ4v) is 4.40. The molecule has 0 spiro atoms. The molecule has 138 valence electrons. The molecule has 1 N–H and O–H groups in total. The molecule has 0 saturated carbocycles. The van der Waals surface area contributed by atoms with E-state index in [2.05, 4.69) is 22.3 Å². The monoisotopic (exact) mass is 354 g/mol. The number of aryl methyl sites for hydroxylation is 1. The number of anilines is 1. The largest absolute Gasteiger partial charge is 0.383 e. The van der Waals surface area contributed by atoms with Crippen molar-refractivity contribution in [2.24, 2.45) is 0 Å². The number of ether oxygens (including phenoxy) is 1. The molecule has 0 saturated heterocycles. The Morgan fingerprint density at radius 2 is 2.00 bits per heavy atom. The van der Waals surface area contributed by atoms with Crippen molar-refractivity contribution in [2.75, 3.05) is 44.8 Å². The van der Waals surface area contributed by atoms with Crippen molar-refractivity contribution < 1.29 is 9.13 Å². The lowest BCUT2D eigenvalue weighted by Gasteiger charge is -2.35. The fraction of sp³-hybridized carbons (Fsp3) is 0.455. The molecular weight excluding hydrogens is 327 g/mol. The number of benzene rings is 2. The number of hydrogen-bond donors (Lipinski definition) is 1. The van der Waals surface area contributed by atoms with Crippen LogP contribution in [0.15, 0.2) is 30.3 Å². The number of methoxy groups -OCH3 is 1. The summed E-state index contributed by atoms with van der Waals surface area (Å²) in [6.07, 6.45) is 4.30. The lowest BCUT2D eigenvalue weighted by atomic mass is 9.85. The molecular formula is C22H27FN2O. The number of nitrogens with zero attached hydrogens (tertiary/aromatic N) is 1. The first-order chi connectivity index (χ1) is 12.8. The van der Waals surface area contributed by atoms with Crippen molar-refractivity contribution in [3.63, 3.8) is 0 Å². The van der Waals surface area contributed by atoms with Crippen molar-refractivity contribution in [1.29, 1.82) is 0 Å². The van der Waals surface area contributed by atoms with Crippen molar-refractivity contribution in [2.45, 2.75) is 25.7 Å². The highest BCUT2D eigenvalue weighted by Crippen LogP contribution is 2.42. The van der Waals surface area contributed by atoms with E-state index in [1.165, 1.54) is 34.0 Å². The second-order valence-corrected chi connectivity index (χ2v) is 7.24. The minimum Gasteiger partial charge on any atom is -0.383 e. The van der Waals surface area contributed by atoms with Gasteiger partial charge in [0.15, 0.2) is 0 Å². The van der Waals surface area contributed by atoms with E-state index in [-0.39, 0.29) is 5.82 Å². The van der Waals surface area contributed by atoms with Gasteiger partial charge in [-0.15, -0.1) is 0 Å². The summed E-state index contributed by atoms with van der Waals surface area (Å²) in [6.45, 7) is 4.62. The highest BCUT2D eigenvalue weighted by Gasteiger charge is 2.26. The summed E-state index contributed by atoms with van der Waals surface area (Å²) in [4.78, 5) is 2.45. The third-order valence-electron chi connectivity index (χ3n) is 5.57. The van der Waals surface area contributed by atoms with Gasteiger partial charge < -0.3 is 15.0 Å². The summed E-state index contributed by atoms with van der Waals surface area (Å²) >= 11 is 0. The molecule has 2 aliphatic rings. The Morgan fingerprint density at radius 3 is 2.85 bits per heavy atom. The Hall–Kier alpha value is -1.91. The van der Waals surface area contributed by atoms with Crippen molar-refractivity contribution in [3.8, 4) is 11.1 Å². The van der Waals surface area contributed by atoms with E-state index >= 15 is 0 Å².